The van der Waals surface area contributed by atoms with Gasteiger partial charge in [0.15, 0.2) is 4.96 Å². The van der Waals surface area contributed by atoms with Gasteiger partial charge in [-0.3, -0.25) is 14.1 Å². The van der Waals surface area contributed by atoms with Gasteiger partial charge in [-0.05, 0) is 29.5 Å². The van der Waals surface area contributed by atoms with Crippen LogP contribution in [-0.4, -0.2) is 14.3 Å². The van der Waals surface area contributed by atoms with Crippen molar-refractivity contribution in [3.8, 4) is 0 Å². The summed E-state index contributed by atoms with van der Waals surface area (Å²) in [6, 6.07) is 21.0. The van der Waals surface area contributed by atoms with E-state index < -0.39 is 0 Å². The van der Waals surface area contributed by atoms with Gasteiger partial charge in [-0.25, -0.2) is 4.98 Å². The molecule has 0 radical (unpaired) electrons. The summed E-state index contributed by atoms with van der Waals surface area (Å²) < 4.78 is 1.68. The number of benzene rings is 2. The van der Waals surface area contributed by atoms with Gasteiger partial charge in [-0.2, -0.15) is 0 Å². The molecule has 2 heterocycles. The minimum absolute atomic E-state index is 0.00491. The molecule has 0 aliphatic heterocycles. The molecule has 154 valence electrons. The molecule has 2 aromatic heterocycles. The molecule has 4 aromatic rings. The largest absolute Gasteiger partial charge is 0.289 e. The Morgan fingerprint density at radius 3 is 2.30 bits per heavy atom. The number of hydrogen-bond donors (Lipinski definition) is 0. The van der Waals surface area contributed by atoms with Crippen LogP contribution in [0, 0.1) is 6.92 Å². The number of aryl methyl sites for hydroxylation is 1. The number of fused-ring (bicyclic) bond motifs is 1. The Labute approximate surface area is 181 Å². The summed E-state index contributed by atoms with van der Waals surface area (Å²) in [7, 11) is 0. The summed E-state index contributed by atoms with van der Waals surface area (Å²) >= 11 is 1.51. The molecule has 30 heavy (non-hydrogen) atoms. The number of hydrogen-bond acceptors (Lipinski definition) is 4. The highest BCUT2D eigenvalue weighted by Crippen LogP contribution is 2.18. The summed E-state index contributed by atoms with van der Waals surface area (Å²) in [5.74, 6) is 0.526. The van der Waals surface area contributed by atoms with E-state index in [0.29, 0.717) is 12.5 Å². The zero-order valence-corrected chi connectivity index (χ0v) is 18.5. The summed E-state index contributed by atoms with van der Waals surface area (Å²) in [5, 5.41) is 1.98. The Morgan fingerprint density at radius 2 is 1.63 bits per heavy atom. The molecule has 5 heteroatoms. The Bertz CT molecular complexity index is 1180. The predicted molar refractivity (Wildman–Crippen MR) is 124 cm³/mol. The lowest BCUT2D eigenvalue weighted by Crippen LogP contribution is -2.25. The third-order valence-electron chi connectivity index (χ3n) is 5.32. The second-order valence-electron chi connectivity index (χ2n) is 8.11. The Hall–Kier alpha value is -2.76. The lowest BCUT2D eigenvalue weighted by atomic mass is 10.0. The van der Waals surface area contributed by atoms with Gasteiger partial charge in [0.1, 0.15) is 0 Å². The van der Waals surface area contributed by atoms with Crippen LogP contribution >= 0.6 is 11.3 Å². The van der Waals surface area contributed by atoms with E-state index in [2.05, 4.69) is 67.3 Å². The van der Waals surface area contributed by atoms with Crippen molar-refractivity contribution in [3.63, 3.8) is 0 Å². The van der Waals surface area contributed by atoms with E-state index >= 15 is 0 Å². The Kier molecular flexibility index (Phi) is 6.11. The van der Waals surface area contributed by atoms with Crippen LogP contribution in [0.1, 0.15) is 47.8 Å². The fourth-order valence-electron chi connectivity index (χ4n) is 3.69. The van der Waals surface area contributed by atoms with E-state index in [1.165, 1.54) is 28.0 Å². The highest BCUT2D eigenvalue weighted by Gasteiger charge is 2.13. The van der Waals surface area contributed by atoms with Crippen LogP contribution in [0.25, 0.3) is 4.96 Å². The van der Waals surface area contributed by atoms with Gasteiger partial charge < -0.3 is 0 Å². The fraction of sp³-hybridized carbons (Fsp3) is 0.280. The van der Waals surface area contributed by atoms with Crippen molar-refractivity contribution in [1.82, 2.24) is 14.3 Å². The molecule has 0 atom stereocenters. The quantitative estimate of drug-likeness (QED) is 0.405. The number of thiazole rings is 1. The molecule has 0 unspecified atom stereocenters. The first kappa shape index (κ1) is 20.5. The van der Waals surface area contributed by atoms with Crippen LogP contribution in [-0.2, 0) is 19.6 Å². The molecular formula is C25H27N3OS. The van der Waals surface area contributed by atoms with E-state index in [9.17, 15) is 4.79 Å². The Morgan fingerprint density at radius 1 is 0.967 bits per heavy atom. The van der Waals surface area contributed by atoms with E-state index in [-0.39, 0.29) is 5.56 Å². The van der Waals surface area contributed by atoms with Crippen molar-refractivity contribution in [3.05, 3.63) is 104 Å². The maximum Gasteiger partial charge on any atom is 0.259 e. The summed E-state index contributed by atoms with van der Waals surface area (Å²) in [5.41, 5.74) is 5.61. The molecule has 0 N–H and O–H groups in total. The molecule has 0 saturated heterocycles. The number of nitrogens with zero attached hydrogens (tertiary/aromatic N) is 3. The molecule has 2 aromatic carbocycles. The van der Waals surface area contributed by atoms with Crippen molar-refractivity contribution in [2.45, 2.75) is 46.3 Å². The summed E-state index contributed by atoms with van der Waals surface area (Å²) in [6.07, 6.45) is 0. The van der Waals surface area contributed by atoms with Crippen molar-refractivity contribution in [2.24, 2.45) is 0 Å². The number of aromatic nitrogens is 2. The van der Waals surface area contributed by atoms with Crippen LogP contribution in [0.15, 0.2) is 70.8 Å². The third kappa shape index (κ3) is 4.69. The summed E-state index contributed by atoms with van der Waals surface area (Å²) in [6.45, 7) is 8.60. The van der Waals surface area contributed by atoms with Crippen molar-refractivity contribution in [1.29, 1.82) is 0 Å². The van der Waals surface area contributed by atoms with Crippen LogP contribution in [0.3, 0.4) is 0 Å². The van der Waals surface area contributed by atoms with Crippen molar-refractivity contribution < 1.29 is 0 Å². The van der Waals surface area contributed by atoms with Gasteiger partial charge in [-0.1, -0.05) is 68.4 Å². The first-order valence-electron chi connectivity index (χ1n) is 10.3. The normalized spacial score (nSPS) is 11.6. The van der Waals surface area contributed by atoms with E-state index in [0.717, 1.165) is 29.4 Å². The average molecular weight is 418 g/mol. The molecule has 0 spiro atoms. The fourth-order valence-corrected chi connectivity index (χ4v) is 4.58. The molecule has 4 nitrogen and oxygen atoms in total. The maximum atomic E-state index is 12.6. The first-order chi connectivity index (χ1) is 14.5. The molecule has 0 bridgehead atoms. The molecule has 0 amide bonds. The third-order valence-corrected chi connectivity index (χ3v) is 6.26. The van der Waals surface area contributed by atoms with E-state index in [1.807, 2.05) is 18.4 Å². The molecule has 0 saturated carbocycles. The van der Waals surface area contributed by atoms with Gasteiger partial charge in [-0.15, -0.1) is 11.3 Å². The SMILES string of the molecule is Cc1csc2nc(CN(Cc3ccccc3)Cc3ccc(C(C)C)cc3)cc(=O)n12. The first-order valence-corrected chi connectivity index (χ1v) is 11.2. The van der Waals surface area contributed by atoms with Crippen LogP contribution in [0.2, 0.25) is 0 Å². The van der Waals surface area contributed by atoms with Gasteiger partial charge in [0.25, 0.3) is 5.56 Å². The molecular weight excluding hydrogens is 390 g/mol. The average Bonchev–Trinajstić information content (AvgIpc) is 3.10. The second-order valence-corrected chi connectivity index (χ2v) is 8.94. The van der Waals surface area contributed by atoms with Crippen LogP contribution in [0.4, 0.5) is 0 Å². The van der Waals surface area contributed by atoms with Gasteiger partial charge in [0, 0.05) is 36.8 Å². The summed E-state index contributed by atoms with van der Waals surface area (Å²) in [4.78, 5) is 20.5. The van der Waals surface area contributed by atoms with Gasteiger partial charge in [0.2, 0.25) is 0 Å². The highest BCUT2D eigenvalue weighted by molar-refractivity contribution is 7.15. The maximum absolute atomic E-state index is 12.6. The standard InChI is InChI=1S/C25H27N3OS/c1-18(2)22-11-9-21(10-12-22)15-27(14-20-7-5-4-6-8-20)16-23-13-24(29)28-19(3)17-30-25(28)26-23/h4-13,17-18H,14-16H2,1-3H3. The zero-order chi connectivity index (χ0) is 21.1. The molecule has 0 aliphatic carbocycles. The lowest BCUT2D eigenvalue weighted by molar-refractivity contribution is 0.244. The van der Waals surface area contributed by atoms with Crippen molar-refractivity contribution in [2.75, 3.05) is 0 Å². The lowest BCUT2D eigenvalue weighted by Gasteiger charge is -2.22. The molecule has 0 fully saturated rings. The van der Waals surface area contributed by atoms with Crippen LogP contribution in [0.5, 0.6) is 0 Å². The Balaban J connectivity index is 1.60. The van der Waals surface area contributed by atoms with Gasteiger partial charge in [0.05, 0.1) is 5.69 Å². The predicted octanol–water partition coefficient (Wildman–Crippen LogP) is 5.39. The van der Waals surface area contributed by atoms with E-state index in [4.69, 9.17) is 4.98 Å². The minimum atomic E-state index is -0.00491. The number of rotatable bonds is 7. The molecule has 4 rings (SSSR count). The van der Waals surface area contributed by atoms with Gasteiger partial charge >= 0.3 is 0 Å². The molecule has 0 aliphatic rings. The highest BCUT2D eigenvalue weighted by atomic mass is 32.1. The smallest absolute Gasteiger partial charge is 0.259 e. The topological polar surface area (TPSA) is 37.6 Å². The van der Waals surface area contributed by atoms with Crippen LogP contribution < -0.4 is 5.56 Å². The zero-order valence-electron chi connectivity index (χ0n) is 17.7. The second kappa shape index (κ2) is 8.94. The monoisotopic (exact) mass is 417 g/mol. The van der Waals surface area contributed by atoms with Crippen molar-refractivity contribution >= 4 is 16.3 Å². The minimum Gasteiger partial charge on any atom is -0.289 e. The van der Waals surface area contributed by atoms with E-state index in [1.54, 1.807) is 10.5 Å².